The number of ketones is 1. The molecule has 2 aliphatic rings. The summed E-state index contributed by atoms with van der Waals surface area (Å²) < 4.78 is 36.0. The number of benzene rings is 1. The fourth-order valence-electron chi connectivity index (χ4n) is 4.56. The third-order valence-corrected chi connectivity index (χ3v) is 9.66. The van der Waals surface area contributed by atoms with Crippen molar-refractivity contribution in [1.29, 1.82) is 0 Å². The molecule has 35 heavy (non-hydrogen) atoms. The Labute approximate surface area is 224 Å². The van der Waals surface area contributed by atoms with E-state index in [9.17, 15) is 22.9 Å². The Hall–Kier alpha value is -1.74. The summed E-state index contributed by atoms with van der Waals surface area (Å²) in [7, 11) is -4.44. The van der Waals surface area contributed by atoms with Crippen LogP contribution in [0.1, 0.15) is 57.2 Å². The Morgan fingerprint density at radius 2 is 1.63 bits per heavy atom. The van der Waals surface area contributed by atoms with Crippen molar-refractivity contribution >= 4 is 53.3 Å². The van der Waals surface area contributed by atoms with Crippen molar-refractivity contribution in [2.75, 3.05) is 0 Å². The highest BCUT2D eigenvalue weighted by Crippen LogP contribution is 2.47. The highest BCUT2D eigenvalue weighted by atomic mass is 79.9. The Bertz CT molecular complexity index is 1340. The van der Waals surface area contributed by atoms with Gasteiger partial charge in [0.15, 0.2) is 5.78 Å². The van der Waals surface area contributed by atoms with Crippen molar-refractivity contribution in [2.45, 2.75) is 52.7 Å². The van der Waals surface area contributed by atoms with Gasteiger partial charge in [-0.1, -0.05) is 52.0 Å². The largest absolute Gasteiger partial charge is 0.506 e. The summed E-state index contributed by atoms with van der Waals surface area (Å²) in [6.07, 6.45) is 8.44. The fourth-order valence-corrected chi connectivity index (χ4v) is 6.34. The molecular weight excluding hydrogens is 596 g/mol. The van der Waals surface area contributed by atoms with E-state index in [0.717, 1.165) is 11.1 Å². The minimum Gasteiger partial charge on any atom is -0.506 e. The zero-order chi connectivity index (χ0) is 26.4. The van der Waals surface area contributed by atoms with Gasteiger partial charge in [0.1, 0.15) is 11.0 Å². The maximum Gasteiger partial charge on any atom is 0.272 e. The van der Waals surface area contributed by atoms with Crippen LogP contribution in [0.2, 0.25) is 0 Å². The number of hydrogen-bond acceptors (Lipinski definition) is 4. The Morgan fingerprint density at radius 1 is 1.03 bits per heavy atom. The summed E-state index contributed by atoms with van der Waals surface area (Å²) in [5.41, 5.74) is 4.83. The lowest BCUT2D eigenvalue weighted by Gasteiger charge is -2.31. The number of aromatic hydroxyl groups is 1. The van der Waals surface area contributed by atoms with Crippen molar-refractivity contribution in [3.05, 3.63) is 78.8 Å². The molecule has 8 heteroatoms. The summed E-state index contributed by atoms with van der Waals surface area (Å²) in [6.45, 7) is 11.5. The number of Topliss-reactive ketones (excluding diaryl/α,β-unsaturated/α-hetero) is 1. The molecular formula is C27H30Br2O5S. The van der Waals surface area contributed by atoms with E-state index in [1.54, 1.807) is 18.2 Å². The first-order chi connectivity index (χ1) is 16.2. The molecule has 1 aromatic carbocycles. The molecule has 2 unspecified atom stereocenters. The standard InChI is InChI=1S/C27H30Br2O5S/c1-13(2)18-11-20(15(5)24(28)26(18)30)23(17-9-7-8-10-22(17)35(32,33)34)21-12-19(14(3)4)27(31)25(29)16(21)6/h7-14,17,22,30H,1-6H3,(H,32,33,34)/b23-21+. The number of carbonyl (C=O) groups is 1. The molecule has 1 aromatic rings. The highest BCUT2D eigenvalue weighted by molar-refractivity contribution is 9.12. The van der Waals surface area contributed by atoms with Crippen LogP contribution in [-0.2, 0) is 14.9 Å². The number of rotatable bonds is 5. The molecule has 0 aliphatic heterocycles. The van der Waals surface area contributed by atoms with Gasteiger partial charge < -0.3 is 5.11 Å². The summed E-state index contributed by atoms with van der Waals surface area (Å²) in [6, 6.07) is 1.89. The van der Waals surface area contributed by atoms with Crippen LogP contribution in [0.25, 0.3) is 5.57 Å². The Balaban J connectivity index is 2.54. The van der Waals surface area contributed by atoms with Gasteiger partial charge in [-0.3, -0.25) is 9.35 Å². The van der Waals surface area contributed by atoms with E-state index in [1.165, 1.54) is 6.08 Å². The minimum absolute atomic E-state index is 0.00542. The van der Waals surface area contributed by atoms with Crippen LogP contribution in [0, 0.1) is 18.8 Å². The predicted octanol–water partition coefficient (Wildman–Crippen LogP) is 7.17. The molecule has 2 N–H and O–H groups in total. The smallest absolute Gasteiger partial charge is 0.272 e. The number of halogens is 2. The van der Waals surface area contributed by atoms with Crippen molar-refractivity contribution in [3.8, 4) is 5.75 Å². The predicted molar refractivity (Wildman–Crippen MR) is 148 cm³/mol. The molecule has 2 aliphatic carbocycles. The van der Waals surface area contributed by atoms with Gasteiger partial charge in [-0.05, 0) is 103 Å². The second kappa shape index (κ2) is 10.3. The lowest BCUT2D eigenvalue weighted by Crippen LogP contribution is -2.30. The maximum atomic E-state index is 13.0. The second-order valence-electron chi connectivity index (χ2n) is 9.58. The van der Waals surface area contributed by atoms with Crippen LogP contribution in [0.5, 0.6) is 5.75 Å². The average molecular weight is 626 g/mol. The van der Waals surface area contributed by atoms with Crippen molar-refractivity contribution in [2.24, 2.45) is 11.8 Å². The van der Waals surface area contributed by atoms with E-state index in [1.807, 2.05) is 53.7 Å². The molecule has 0 saturated heterocycles. The zero-order valence-electron chi connectivity index (χ0n) is 20.6. The molecule has 0 radical (unpaired) electrons. The first kappa shape index (κ1) is 27.8. The van der Waals surface area contributed by atoms with Crippen molar-refractivity contribution < 1.29 is 22.9 Å². The summed E-state index contributed by atoms with van der Waals surface area (Å²) in [5.74, 6) is -0.751. The van der Waals surface area contributed by atoms with E-state index < -0.39 is 21.3 Å². The van der Waals surface area contributed by atoms with Crippen LogP contribution >= 0.6 is 31.9 Å². The molecule has 188 valence electrons. The van der Waals surface area contributed by atoms with Crippen molar-refractivity contribution in [3.63, 3.8) is 0 Å². The van der Waals surface area contributed by atoms with Gasteiger partial charge in [-0.15, -0.1) is 0 Å². The highest BCUT2D eigenvalue weighted by Gasteiger charge is 2.37. The lowest BCUT2D eigenvalue weighted by atomic mass is 9.77. The van der Waals surface area contributed by atoms with Gasteiger partial charge in [0, 0.05) is 11.5 Å². The Morgan fingerprint density at radius 3 is 2.17 bits per heavy atom. The topological polar surface area (TPSA) is 91.7 Å². The SMILES string of the molecule is CC1=C(Br)C(=O)C(C(C)C)=C/C1=C(\c1cc(C(C)C)c(O)c(Br)c1C)C1C=CC=CC1S(=O)(=O)O. The first-order valence-electron chi connectivity index (χ1n) is 11.4. The number of allylic oxidation sites excluding steroid dienone is 9. The first-order valence-corrected chi connectivity index (χ1v) is 14.5. The Kier molecular flexibility index (Phi) is 8.21. The zero-order valence-corrected chi connectivity index (χ0v) is 24.5. The van der Waals surface area contributed by atoms with E-state index in [2.05, 4.69) is 31.9 Å². The number of phenols is 1. The quantitative estimate of drug-likeness (QED) is 0.338. The molecule has 0 heterocycles. The molecule has 2 atom stereocenters. The van der Waals surface area contributed by atoms with Crippen molar-refractivity contribution in [1.82, 2.24) is 0 Å². The number of hydrogen-bond donors (Lipinski definition) is 2. The number of carbonyl (C=O) groups excluding carboxylic acids is 1. The van der Waals surface area contributed by atoms with Gasteiger partial charge in [-0.2, -0.15) is 8.42 Å². The normalized spacial score (nSPS) is 22.4. The third-order valence-electron chi connectivity index (χ3n) is 6.59. The second-order valence-corrected chi connectivity index (χ2v) is 12.7. The van der Waals surface area contributed by atoms with Gasteiger partial charge >= 0.3 is 0 Å². The molecule has 0 aromatic heterocycles. The molecule has 0 fully saturated rings. The molecule has 0 bridgehead atoms. The minimum atomic E-state index is -4.44. The van der Waals surface area contributed by atoms with E-state index in [4.69, 9.17) is 0 Å². The van der Waals surface area contributed by atoms with Crippen LogP contribution in [-0.4, -0.2) is 29.1 Å². The van der Waals surface area contributed by atoms with Crippen LogP contribution < -0.4 is 0 Å². The summed E-state index contributed by atoms with van der Waals surface area (Å²) >= 11 is 7.00. The average Bonchev–Trinajstić information content (AvgIpc) is 2.78. The monoisotopic (exact) mass is 624 g/mol. The van der Waals surface area contributed by atoms with E-state index in [-0.39, 0.29) is 23.4 Å². The maximum absolute atomic E-state index is 13.0. The third kappa shape index (κ3) is 5.22. The lowest BCUT2D eigenvalue weighted by molar-refractivity contribution is -0.112. The molecule has 5 nitrogen and oxygen atoms in total. The van der Waals surface area contributed by atoms with Gasteiger partial charge in [0.2, 0.25) is 0 Å². The van der Waals surface area contributed by atoms with Gasteiger partial charge in [0.25, 0.3) is 10.1 Å². The van der Waals surface area contributed by atoms with E-state index >= 15 is 0 Å². The summed E-state index contributed by atoms with van der Waals surface area (Å²) in [4.78, 5) is 13.0. The van der Waals surface area contributed by atoms with Gasteiger partial charge in [0.05, 0.1) is 8.96 Å². The van der Waals surface area contributed by atoms with Crippen LogP contribution in [0.3, 0.4) is 0 Å². The molecule has 3 rings (SSSR count). The molecule has 0 spiro atoms. The molecule has 0 saturated carbocycles. The van der Waals surface area contributed by atoms with Crippen LogP contribution in [0.4, 0.5) is 0 Å². The fraction of sp³-hybridized carbons (Fsp3) is 0.370. The molecule has 0 amide bonds. The summed E-state index contributed by atoms with van der Waals surface area (Å²) in [5, 5.41) is 9.60. The number of phenolic OH excluding ortho intramolecular Hbond substituents is 1. The van der Waals surface area contributed by atoms with E-state index in [0.29, 0.717) is 36.8 Å². The van der Waals surface area contributed by atoms with Gasteiger partial charge in [-0.25, -0.2) is 0 Å². The van der Waals surface area contributed by atoms with Crippen LogP contribution in [0.15, 0.2) is 62.1 Å².